The zero-order valence-corrected chi connectivity index (χ0v) is 13.9. The predicted octanol–water partition coefficient (Wildman–Crippen LogP) is 5.29. The summed E-state index contributed by atoms with van der Waals surface area (Å²) in [7, 11) is 0. The predicted molar refractivity (Wildman–Crippen MR) is 89.3 cm³/mol. The molecule has 0 aromatic rings. The first kappa shape index (κ1) is 21.1. The van der Waals surface area contributed by atoms with Gasteiger partial charge in [-0.2, -0.15) is 5.26 Å². The van der Waals surface area contributed by atoms with Crippen LogP contribution in [0.4, 0.5) is 0 Å². The second-order valence-electron chi connectivity index (χ2n) is 5.40. The van der Waals surface area contributed by atoms with E-state index in [0.717, 1.165) is 12.5 Å². The molecule has 0 heterocycles. The fourth-order valence-electron chi connectivity index (χ4n) is 2.23. The number of thiol groups is 1. The molecule has 0 aromatic carbocycles. The van der Waals surface area contributed by atoms with Gasteiger partial charge in [0.2, 0.25) is 0 Å². The van der Waals surface area contributed by atoms with Crippen LogP contribution in [0.3, 0.4) is 0 Å². The summed E-state index contributed by atoms with van der Waals surface area (Å²) in [5.41, 5.74) is 5.54. The fraction of sp³-hybridized carbons (Fsp3) is 0.938. The zero-order valence-electron chi connectivity index (χ0n) is 13.0. The van der Waals surface area contributed by atoms with Crippen LogP contribution in [-0.2, 0) is 0 Å². The minimum Gasteiger partial charge on any atom is -0.330 e. The Balaban J connectivity index is 0. The Bertz CT molecular complexity index is 190. The lowest BCUT2D eigenvalue weighted by Crippen LogP contribution is -2.05. The molecule has 19 heavy (non-hydrogen) atoms. The van der Waals surface area contributed by atoms with E-state index in [1.54, 1.807) is 0 Å². The molecule has 3 heteroatoms. The molecule has 0 fully saturated rings. The second kappa shape index (κ2) is 20.1. The molecule has 0 spiro atoms. The molecule has 0 saturated heterocycles. The van der Waals surface area contributed by atoms with Gasteiger partial charge in [0, 0.05) is 0 Å². The first-order valence-electron chi connectivity index (χ1n) is 7.96. The van der Waals surface area contributed by atoms with Gasteiger partial charge in [-0.25, -0.2) is 0 Å². The van der Waals surface area contributed by atoms with Crippen molar-refractivity contribution in [1.29, 1.82) is 5.26 Å². The molecular weight excluding hydrogens is 252 g/mol. The second-order valence-corrected chi connectivity index (χ2v) is 5.60. The molecule has 114 valence electrons. The highest BCUT2D eigenvalue weighted by Gasteiger charge is 1.99. The minimum atomic E-state index is 0.842. The van der Waals surface area contributed by atoms with Crippen molar-refractivity contribution in [3.05, 3.63) is 0 Å². The maximum atomic E-state index is 7.18. The Morgan fingerprint density at radius 2 is 1.37 bits per heavy atom. The molecule has 0 aliphatic carbocycles. The Labute approximate surface area is 126 Å². The van der Waals surface area contributed by atoms with Crippen molar-refractivity contribution in [3.8, 4) is 5.40 Å². The zero-order chi connectivity index (χ0) is 14.8. The molecule has 2 N–H and O–H groups in total. The number of unbranched alkanes of at least 4 members (excludes halogenated alkanes) is 8. The number of nitrogens with zero attached hydrogens (tertiary/aromatic N) is 1. The largest absolute Gasteiger partial charge is 0.330 e. The average molecular weight is 287 g/mol. The van der Waals surface area contributed by atoms with E-state index in [0.29, 0.717) is 0 Å². The van der Waals surface area contributed by atoms with Crippen LogP contribution in [0.2, 0.25) is 0 Å². The fourth-order valence-corrected chi connectivity index (χ4v) is 2.23. The van der Waals surface area contributed by atoms with Gasteiger partial charge in [-0.05, 0) is 18.9 Å². The van der Waals surface area contributed by atoms with Crippen LogP contribution in [0, 0.1) is 16.6 Å². The highest BCUT2D eigenvalue weighted by Crippen LogP contribution is 2.14. The third kappa shape index (κ3) is 23.3. The standard InChI is InChI=1S/C15H33N.CHNS/c1-3-4-5-6-7-8-9-10-11-12-15(2)13-14-16;2-1-3/h15H,3-14,16H2,1-2H3;3H. The van der Waals surface area contributed by atoms with E-state index < -0.39 is 0 Å². The first-order chi connectivity index (χ1) is 9.22. The maximum absolute atomic E-state index is 7.18. The lowest BCUT2D eigenvalue weighted by molar-refractivity contribution is 0.459. The first-order valence-corrected chi connectivity index (χ1v) is 8.40. The van der Waals surface area contributed by atoms with Gasteiger partial charge in [0.15, 0.2) is 0 Å². The van der Waals surface area contributed by atoms with Crippen LogP contribution < -0.4 is 5.73 Å². The van der Waals surface area contributed by atoms with E-state index in [4.69, 9.17) is 11.0 Å². The quantitative estimate of drug-likeness (QED) is 0.291. The summed E-state index contributed by atoms with van der Waals surface area (Å²) >= 11 is 3.09. The van der Waals surface area contributed by atoms with E-state index >= 15 is 0 Å². The molecule has 0 radical (unpaired) electrons. The number of rotatable bonds is 12. The molecule has 0 rings (SSSR count). The molecule has 0 bridgehead atoms. The Hall–Kier alpha value is -0.200. The molecule has 1 unspecified atom stereocenters. The highest BCUT2D eigenvalue weighted by atomic mass is 32.1. The van der Waals surface area contributed by atoms with Crippen molar-refractivity contribution >= 4 is 12.6 Å². The summed E-state index contributed by atoms with van der Waals surface area (Å²) in [6.45, 7) is 5.47. The van der Waals surface area contributed by atoms with Crippen molar-refractivity contribution in [2.24, 2.45) is 11.7 Å². The van der Waals surface area contributed by atoms with E-state index in [1.165, 1.54) is 76.0 Å². The smallest absolute Gasteiger partial charge is 0.130 e. The topological polar surface area (TPSA) is 49.8 Å². The van der Waals surface area contributed by atoms with Crippen LogP contribution in [0.5, 0.6) is 0 Å². The van der Waals surface area contributed by atoms with Crippen molar-refractivity contribution < 1.29 is 0 Å². The molecule has 0 aromatic heterocycles. The molecule has 0 aliphatic rings. The van der Waals surface area contributed by atoms with Crippen molar-refractivity contribution in [2.75, 3.05) is 6.54 Å². The van der Waals surface area contributed by atoms with E-state index in [1.807, 2.05) is 0 Å². The molecule has 0 saturated carbocycles. The summed E-state index contributed by atoms with van der Waals surface area (Å²) < 4.78 is 0. The summed E-state index contributed by atoms with van der Waals surface area (Å²) in [6, 6.07) is 0. The van der Waals surface area contributed by atoms with Crippen molar-refractivity contribution in [3.63, 3.8) is 0 Å². The van der Waals surface area contributed by atoms with Crippen LogP contribution >= 0.6 is 12.6 Å². The normalized spacial score (nSPS) is 11.3. The van der Waals surface area contributed by atoms with Crippen LogP contribution in [-0.4, -0.2) is 6.54 Å². The summed E-state index contributed by atoms with van der Waals surface area (Å²) in [5, 5.41) is 8.63. The molecule has 0 amide bonds. The summed E-state index contributed by atoms with van der Waals surface area (Å²) in [4.78, 5) is 0. The Morgan fingerprint density at radius 1 is 0.947 bits per heavy atom. The Morgan fingerprint density at radius 3 is 1.79 bits per heavy atom. The average Bonchev–Trinajstić information content (AvgIpc) is 2.38. The lowest BCUT2D eigenvalue weighted by atomic mass is 9.99. The minimum absolute atomic E-state index is 0.842. The van der Waals surface area contributed by atoms with Crippen molar-refractivity contribution in [2.45, 2.75) is 84.5 Å². The third-order valence-electron chi connectivity index (χ3n) is 3.46. The Kier molecular flexibility index (Phi) is 22.4. The number of hydrogen-bond acceptors (Lipinski definition) is 3. The van der Waals surface area contributed by atoms with Crippen molar-refractivity contribution in [1.82, 2.24) is 0 Å². The molecular formula is C16H34N2S. The highest BCUT2D eigenvalue weighted by molar-refractivity contribution is 7.85. The summed E-state index contributed by atoms with van der Waals surface area (Å²) in [5.74, 6) is 0.842. The number of hydrogen-bond donors (Lipinski definition) is 2. The number of nitriles is 1. The molecule has 0 aliphatic heterocycles. The van der Waals surface area contributed by atoms with Crippen LogP contribution in [0.25, 0.3) is 0 Å². The van der Waals surface area contributed by atoms with Gasteiger partial charge in [0.25, 0.3) is 0 Å². The van der Waals surface area contributed by atoms with E-state index in [2.05, 4.69) is 26.5 Å². The number of thiocyanates is 1. The van der Waals surface area contributed by atoms with E-state index in [-0.39, 0.29) is 0 Å². The van der Waals surface area contributed by atoms with Gasteiger partial charge in [-0.1, -0.05) is 90.7 Å². The van der Waals surface area contributed by atoms with Gasteiger partial charge in [0.1, 0.15) is 5.40 Å². The third-order valence-corrected chi connectivity index (χ3v) is 3.46. The maximum Gasteiger partial charge on any atom is 0.130 e. The van der Waals surface area contributed by atoms with Gasteiger partial charge in [-0.3, -0.25) is 0 Å². The lowest BCUT2D eigenvalue weighted by Gasteiger charge is -2.09. The SMILES string of the molecule is CCCCCCCCCCCC(C)CCN.N#CS. The summed E-state index contributed by atoms with van der Waals surface area (Å²) in [6.07, 6.45) is 15.5. The van der Waals surface area contributed by atoms with Crippen LogP contribution in [0.1, 0.15) is 84.5 Å². The van der Waals surface area contributed by atoms with E-state index in [9.17, 15) is 0 Å². The van der Waals surface area contributed by atoms with Gasteiger partial charge < -0.3 is 5.73 Å². The molecule has 2 nitrogen and oxygen atoms in total. The van der Waals surface area contributed by atoms with Crippen LogP contribution in [0.15, 0.2) is 0 Å². The van der Waals surface area contributed by atoms with Gasteiger partial charge in [0.05, 0.1) is 0 Å². The number of nitrogens with two attached hydrogens (primary N) is 1. The van der Waals surface area contributed by atoms with Gasteiger partial charge >= 0.3 is 0 Å². The monoisotopic (exact) mass is 286 g/mol. The van der Waals surface area contributed by atoms with Gasteiger partial charge in [-0.15, -0.1) is 0 Å². The molecule has 1 atom stereocenters.